The molecule has 0 atom stereocenters. The molecule has 0 bridgehead atoms. The number of aryl methyl sites for hydroxylation is 1. The molecule has 7 nitrogen and oxygen atoms in total. The largest absolute Gasteiger partial charge is 0.495 e. The molecule has 1 heterocycles. The minimum Gasteiger partial charge on any atom is -0.495 e. The normalized spacial score (nSPS) is 10.4. The van der Waals surface area contributed by atoms with Crippen LogP contribution in [0.25, 0.3) is 0 Å². The lowest BCUT2D eigenvalue weighted by molar-refractivity contribution is 0.197. The van der Waals surface area contributed by atoms with E-state index >= 15 is 0 Å². The van der Waals surface area contributed by atoms with Gasteiger partial charge in [-0.05, 0) is 13.3 Å². The Kier molecular flexibility index (Phi) is 7.09. The fourth-order valence-electron chi connectivity index (χ4n) is 2.22. The Hall–Kier alpha value is -2.25. The van der Waals surface area contributed by atoms with Crippen LogP contribution >= 0.6 is 11.6 Å². The van der Waals surface area contributed by atoms with E-state index in [1.54, 1.807) is 33.5 Å². The number of hydrogen-bond donors (Lipinski definition) is 2. The highest BCUT2D eigenvalue weighted by Gasteiger charge is 2.11. The number of hydrogen-bond acceptors (Lipinski definition) is 7. The molecule has 0 aliphatic rings. The number of anilines is 3. The Labute approximate surface area is 152 Å². The Morgan fingerprint density at radius 2 is 1.80 bits per heavy atom. The van der Waals surface area contributed by atoms with Gasteiger partial charge in [-0.15, -0.1) is 0 Å². The standard InChI is InChI=1S/C17H23ClN4O3/c1-11-8-16(22-17(20-11)19-6-5-7-23-2)21-13-10-14(24-3)12(18)9-15(13)25-4/h8-10H,5-7H2,1-4H3,(H2,19,20,21,22). The molecular formula is C17H23ClN4O3. The summed E-state index contributed by atoms with van der Waals surface area (Å²) in [6.07, 6.45) is 0.874. The van der Waals surface area contributed by atoms with Gasteiger partial charge in [0.25, 0.3) is 0 Å². The number of benzene rings is 1. The fourth-order valence-corrected chi connectivity index (χ4v) is 2.46. The van der Waals surface area contributed by atoms with Crippen molar-refractivity contribution in [1.29, 1.82) is 0 Å². The lowest BCUT2D eigenvalue weighted by atomic mass is 10.2. The second kappa shape index (κ2) is 9.29. The molecule has 0 spiro atoms. The quantitative estimate of drug-likeness (QED) is 0.656. The van der Waals surface area contributed by atoms with Gasteiger partial charge in [0.05, 0.1) is 24.9 Å². The third kappa shape index (κ3) is 5.37. The molecule has 0 amide bonds. The summed E-state index contributed by atoms with van der Waals surface area (Å²) in [5, 5.41) is 6.89. The zero-order chi connectivity index (χ0) is 18.2. The van der Waals surface area contributed by atoms with Gasteiger partial charge < -0.3 is 24.8 Å². The van der Waals surface area contributed by atoms with E-state index < -0.39 is 0 Å². The first-order valence-electron chi connectivity index (χ1n) is 7.84. The average molecular weight is 367 g/mol. The number of nitrogens with zero attached hydrogens (tertiary/aromatic N) is 2. The van der Waals surface area contributed by atoms with Crippen LogP contribution in [0.3, 0.4) is 0 Å². The molecule has 2 rings (SSSR count). The van der Waals surface area contributed by atoms with Gasteiger partial charge in [-0.3, -0.25) is 0 Å². The number of ether oxygens (including phenoxy) is 3. The first-order valence-corrected chi connectivity index (χ1v) is 8.22. The van der Waals surface area contributed by atoms with E-state index in [0.29, 0.717) is 40.6 Å². The maximum Gasteiger partial charge on any atom is 0.224 e. The first-order chi connectivity index (χ1) is 12.1. The molecular weight excluding hydrogens is 344 g/mol. The summed E-state index contributed by atoms with van der Waals surface area (Å²) in [5.74, 6) is 2.34. The highest BCUT2D eigenvalue weighted by Crippen LogP contribution is 2.37. The van der Waals surface area contributed by atoms with Crippen LogP contribution in [0.1, 0.15) is 12.1 Å². The maximum atomic E-state index is 6.14. The van der Waals surface area contributed by atoms with E-state index in [1.165, 1.54) is 0 Å². The molecule has 0 aliphatic heterocycles. The van der Waals surface area contributed by atoms with Crippen molar-refractivity contribution < 1.29 is 14.2 Å². The van der Waals surface area contributed by atoms with E-state index in [1.807, 2.05) is 13.0 Å². The van der Waals surface area contributed by atoms with Crippen molar-refractivity contribution in [3.63, 3.8) is 0 Å². The SMILES string of the molecule is COCCCNc1nc(C)cc(Nc2cc(OC)c(Cl)cc2OC)n1. The van der Waals surface area contributed by atoms with Gasteiger partial charge in [0.1, 0.15) is 17.3 Å². The van der Waals surface area contributed by atoms with Crippen molar-refractivity contribution in [2.75, 3.05) is 45.1 Å². The molecule has 2 aromatic rings. The summed E-state index contributed by atoms with van der Waals surface area (Å²) < 4.78 is 15.7. The number of methoxy groups -OCH3 is 3. The molecule has 8 heteroatoms. The Morgan fingerprint density at radius 3 is 2.48 bits per heavy atom. The van der Waals surface area contributed by atoms with Crippen LogP contribution < -0.4 is 20.1 Å². The van der Waals surface area contributed by atoms with Gasteiger partial charge in [-0.25, -0.2) is 4.98 Å². The number of aromatic nitrogens is 2. The molecule has 0 saturated heterocycles. The van der Waals surface area contributed by atoms with Crippen LogP contribution in [0, 0.1) is 6.92 Å². The zero-order valence-corrected chi connectivity index (χ0v) is 15.6. The summed E-state index contributed by atoms with van der Waals surface area (Å²) in [5.41, 5.74) is 1.54. The summed E-state index contributed by atoms with van der Waals surface area (Å²) in [4.78, 5) is 8.86. The summed E-state index contributed by atoms with van der Waals surface area (Å²) in [6.45, 7) is 3.33. The molecule has 2 N–H and O–H groups in total. The van der Waals surface area contributed by atoms with Gasteiger partial charge in [-0.1, -0.05) is 11.6 Å². The van der Waals surface area contributed by atoms with Crippen LogP contribution in [0.15, 0.2) is 18.2 Å². The Bertz CT molecular complexity index is 713. The van der Waals surface area contributed by atoms with Crippen molar-refractivity contribution >= 4 is 29.1 Å². The van der Waals surface area contributed by atoms with Crippen LogP contribution in [0.2, 0.25) is 5.02 Å². The minimum atomic E-state index is 0.476. The molecule has 1 aromatic heterocycles. The monoisotopic (exact) mass is 366 g/mol. The van der Waals surface area contributed by atoms with E-state index in [4.69, 9.17) is 25.8 Å². The zero-order valence-electron chi connectivity index (χ0n) is 14.9. The molecule has 0 fully saturated rings. The van der Waals surface area contributed by atoms with E-state index in [9.17, 15) is 0 Å². The molecule has 0 unspecified atom stereocenters. The number of rotatable bonds is 9. The van der Waals surface area contributed by atoms with Crippen LogP contribution in [0.5, 0.6) is 11.5 Å². The van der Waals surface area contributed by atoms with Gasteiger partial charge >= 0.3 is 0 Å². The molecule has 0 radical (unpaired) electrons. The van der Waals surface area contributed by atoms with E-state index in [0.717, 1.165) is 18.7 Å². The van der Waals surface area contributed by atoms with Crippen LogP contribution in [0.4, 0.5) is 17.5 Å². The molecule has 0 saturated carbocycles. The molecule has 0 aliphatic carbocycles. The highest BCUT2D eigenvalue weighted by molar-refractivity contribution is 6.32. The topological polar surface area (TPSA) is 77.5 Å². The van der Waals surface area contributed by atoms with Gasteiger partial charge in [0.15, 0.2) is 0 Å². The summed E-state index contributed by atoms with van der Waals surface area (Å²) in [6, 6.07) is 5.31. The fraction of sp³-hybridized carbons (Fsp3) is 0.412. The Morgan fingerprint density at radius 1 is 1.04 bits per heavy atom. The molecule has 25 heavy (non-hydrogen) atoms. The average Bonchev–Trinajstić information content (AvgIpc) is 2.59. The smallest absolute Gasteiger partial charge is 0.224 e. The maximum absolute atomic E-state index is 6.14. The van der Waals surface area contributed by atoms with Gasteiger partial charge in [-0.2, -0.15) is 4.98 Å². The lowest BCUT2D eigenvalue weighted by Crippen LogP contribution is -2.09. The predicted molar refractivity (Wildman–Crippen MR) is 99.6 cm³/mol. The van der Waals surface area contributed by atoms with Crippen molar-refractivity contribution in [3.05, 3.63) is 28.9 Å². The number of halogens is 1. The van der Waals surface area contributed by atoms with Crippen LogP contribution in [-0.2, 0) is 4.74 Å². The summed E-state index contributed by atoms with van der Waals surface area (Å²) >= 11 is 6.14. The third-order valence-corrected chi connectivity index (χ3v) is 3.69. The van der Waals surface area contributed by atoms with Crippen molar-refractivity contribution in [2.45, 2.75) is 13.3 Å². The van der Waals surface area contributed by atoms with E-state index in [-0.39, 0.29) is 0 Å². The highest BCUT2D eigenvalue weighted by atomic mass is 35.5. The van der Waals surface area contributed by atoms with Crippen LogP contribution in [-0.4, -0.2) is 44.4 Å². The first kappa shape index (κ1) is 19.1. The second-order valence-electron chi connectivity index (χ2n) is 5.30. The lowest BCUT2D eigenvalue weighted by Gasteiger charge is -2.14. The van der Waals surface area contributed by atoms with E-state index in [2.05, 4.69) is 20.6 Å². The molecule has 136 valence electrons. The summed E-state index contributed by atoms with van der Waals surface area (Å²) in [7, 11) is 4.82. The van der Waals surface area contributed by atoms with Gasteiger partial charge in [0.2, 0.25) is 5.95 Å². The van der Waals surface area contributed by atoms with Crippen molar-refractivity contribution in [2.24, 2.45) is 0 Å². The minimum absolute atomic E-state index is 0.476. The van der Waals surface area contributed by atoms with Crippen molar-refractivity contribution in [3.8, 4) is 11.5 Å². The Balaban J connectivity index is 2.20. The second-order valence-corrected chi connectivity index (χ2v) is 5.71. The molecule has 1 aromatic carbocycles. The third-order valence-electron chi connectivity index (χ3n) is 3.40. The van der Waals surface area contributed by atoms with Gasteiger partial charge in [0, 0.05) is 44.2 Å². The number of nitrogens with one attached hydrogen (secondary N) is 2. The predicted octanol–water partition coefficient (Wildman–Crippen LogP) is 3.65. The van der Waals surface area contributed by atoms with Crippen molar-refractivity contribution in [1.82, 2.24) is 9.97 Å².